The first-order valence-electron chi connectivity index (χ1n) is 6.92. The maximum Gasteiger partial charge on any atom is 6.00 e. The van der Waals surface area contributed by atoms with Crippen LogP contribution in [0.5, 0.6) is 0 Å². The molecule has 1 aliphatic heterocycles. The zero-order chi connectivity index (χ0) is 13.5. The Kier molecular flexibility index (Phi) is 10.3. The SMILES string of the molecule is C[C@H]([O-])CN1CCN(C)CCN(C[C@H](C)[O-])CC1.[Fe+6]. The molecule has 1 rings (SSSR count). The largest absolute Gasteiger partial charge is 6.00 e. The second-order valence-corrected chi connectivity index (χ2v) is 5.53. The molecule has 0 aliphatic carbocycles. The summed E-state index contributed by atoms with van der Waals surface area (Å²) >= 11 is 0. The zero-order valence-electron chi connectivity index (χ0n) is 12.3. The third-order valence-electron chi connectivity index (χ3n) is 3.36. The van der Waals surface area contributed by atoms with E-state index in [9.17, 15) is 10.2 Å². The van der Waals surface area contributed by atoms with Gasteiger partial charge in [-0.3, -0.25) is 0 Å². The van der Waals surface area contributed by atoms with Crippen LogP contribution >= 0.6 is 0 Å². The normalized spacial score (nSPS) is 23.8. The van der Waals surface area contributed by atoms with Gasteiger partial charge in [0.15, 0.2) is 0 Å². The average Bonchev–Trinajstić information content (AvgIpc) is 2.33. The number of nitrogens with zero attached hydrogens (tertiary/aromatic N) is 3. The van der Waals surface area contributed by atoms with Crippen LogP contribution in [0.1, 0.15) is 13.8 Å². The van der Waals surface area contributed by atoms with Crippen molar-refractivity contribution < 1.29 is 27.3 Å². The first kappa shape index (κ1) is 19.3. The Morgan fingerprint density at radius 1 is 0.789 bits per heavy atom. The fraction of sp³-hybridized carbons (Fsp3) is 1.00. The molecule has 0 saturated carbocycles. The fourth-order valence-electron chi connectivity index (χ4n) is 2.33. The molecule has 1 saturated heterocycles. The van der Waals surface area contributed by atoms with E-state index in [1.54, 1.807) is 13.8 Å². The van der Waals surface area contributed by atoms with Crippen molar-refractivity contribution in [3.8, 4) is 0 Å². The molecule has 1 heterocycles. The van der Waals surface area contributed by atoms with Crippen molar-refractivity contribution in [3.05, 3.63) is 0 Å². The van der Waals surface area contributed by atoms with Crippen LogP contribution < -0.4 is 10.2 Å². The molecular formula is C13H27FeN3O2+4. The molecule has 0 amide bonds. The minimum absolute atomic E-state index is 0. The molecular weight excluding hydrogens is 286 g/mol. The summed E-state index contributed by atoms with van der Waals surface area (Å²) in [6.45, 7) is 10.3. The molecule has 0 spiro atoms. The van der Waals surface area contributed by atoms with Gasteiger partial charge in [-0.2, -0.15) is 0 Å². The summed E-state index contributed by atoms with van der Waals surface area (Å²) in [6, 6.07) is 0. The van der Waals surface area contributed by atoms with Crippen LogP contribution in [0.15, 0.2) is 0 Å². The first-order chi connectivity index (χ1) is 8.47. The molecule has 0 radical (unpaired) electrons. The molecule has 0 aromatic heterocycles. The summed E-state index contributed by atoms with van der Waals surface area (Å²) in [5.41, 5.74) is 0. The van der Waals surface area contributed by atoms with Gasteiger partial charge in [-0.05, 0) is 20.1 Å². The molecule has 0 unspecified atom stereocenters. The van der Waals surface area contributed by atoms with Crippen molar-refractivity contribution in [3.63, 3.8) is 0 Å². The minimum atomic E-state index is -0.539. The summed E-state index contributed by atoms with van der Waals surface area (Å²) in [5.74, 6) is 0. The molecule has 1 aliphatic rings. The van der Waals surface area contributed by atoms with Gasteiger partial charge in [0.05, 0.1) is 0 Å². The van der Waals surface area contributed by atoms with Crippen LogP contribution in [0, 0.1) is 0 Å². The van der Waals surface area contributed by atoms with E-state index in [1.807, 2.05) is 0 Å². The molecule has 5 nitrogen and oxygen atoms in total. The monoisotopic (exact) mass is 313 g/mol. The maximum absolute atomic E-state index is 11.3. The molecule has 0 aromatic carbocycles. The molecule has 19 heavy (non-hydrogen) atoms. The Balaban J connectivity index is 0.00000324. The molecule has 6 heteroatoms. The second kappa shape index (κ2) is 10.1. The van der Waals surface area contributed by atoms with E-state index in [-0.39, 0.29) is 17.1 Å². The molecule has 0 bridgehead atoms. The Bertz CT molecular complexity index is 208. The van der Waals surface area contributed by atoms with Crippen molar-refractivity contribution in [1.82, 2.24) is 14.7 Å². The van der Waals surface area contributed by atoms with Crippen molar-refractivity contribution >= 4 is 0 Å². The summed E-state index contributed by atoms with van der Waals surface area (Å²) in [7, 11) is 2.10. The van der Waals surface area contributed by atoms with Gasteiger partial charge in [0.25, 0.3) is 0 Å². The van der Waals surface area contributed by atoms with E-state index in [1.165, 1.54) is 0 Å². The Morgan fingerprint density at radius 2 is 1.11 bits per heavy atom. The Morgan fingerprint density at radius 3 is 1.42 bits per heavy atom. The second-order valence-electron chi connectivity index (χ2n) is 5.53. The van der Waals surface area contributed by atoms with Crippen LogP contribution in [0.2, 0.25) is 0 Å². The zero-order valence-corrected chi connectivity index (χ0v) is 13.4. The van der Waals surface area contributed by atoms with Crippen LogP contribution in [0.25, 0.3) is 0 Å². The molecule has 1 fully saturated rings. The van der Waals surface area contributed by atoms with Crippen LogP contribution in [0.3, 0.4) is 0 Å². The third kappa shape index (κ3) is 8.97. The van der Waals surface area contributed by atoms with Gasteiger partial charge in [-0.25, -0.2) is 0 Å². The van der Waals surface area contributed by atoms with Gasteiger partial charge in [0.2, 0.25) is 0 Å². The Labute approximate surface area is 128 Å². The van der Waals surface area contributed by atoms with Crippen LogP contribution in [0.4, 0.5) is 0 Å². The number of rotatable bonds is 4. The number of hydrogen-bond donors (Lipinski definition) is 0. The van der Waals surface area contributed by atoms with Gasteiger partial charge >= 0.3 is 17.1 Å². The van der Waals surface area contributed by atoms with Crippen LogP contribution in [-0.4, -0.2) is 86.3 Å². The molecule has 0 N–H and O–H groups in total. The average molecular weight is 313 g/mol. The van der Waals surface area contributed by atoms with E-state index >= 15 is 0 Å². The van der Waals surface area contributed by atoms with E-state index < -0.39 is 12.2 Å². The summed E-state index contributed by atoms with van der Waals surface area (Å²) < 4.78 is 0. The molecule has 0 aromatic rings. The standard InChI is InChI=1S/C13H27N3O2.Fe/c1-12(17)10-15-6-4-14(3)5-7-16(9-8-15)11-13(2)18;/h12-13H,4-11H2,1-3H3;/q-2;+6/t12-,13-;/m0./s1. The summed E-state index contributed by atoms with van der Waals surface area (Å²) in [4.78, 5) is 6.72. The fourth-order valence-corrected chi connectivity index (χ4v) is 2.33. The summed E-state index contributed by atoms with van der Waals surface area (Å²) in [6.07, 6.45) is -1.08. The first-order valence-corrected chi connectivity index (χ1v) is 6.92. The molecule has 2 atom stereocenters. The van der Waals surface area contributed by atoms with E-state index in [2.05, 4.69) is 21.7 Å². The molecule has 110 valence electrons. The third-order valence-corrected chi connectivity index (χ3v) is 3.36. The van der Waals surface area contributed by atoms with Gasteiger partial charge < -0.3 is 24.9 Å². The quantitative estimate of drug-likeness (QED) is 0.564. The number of hydrogen-bond acceptors (Lipinski definition) is 5. The maximum atomic E-state index is 11.3. The van der Waals surface area contributed by atoms with Gasteiger partial charge in [0.1, 0.15) is 0 Å². The van der Waals surface area contributed by atoms with E-state index in [0.717, 1.165) is 39.3 Å². The smallest absolute Gasteiger partial charge is 0.851 e. The van der Waals surface area contributed by atoms with Crippen molar-refractivity contribution in [2.45, 2.75) is 26.1 Å². The number of likely N-dealkylation sites (N-methyl/N-ethyl adjacent to an activating group) is 1. The van der Waals surface area contributed by atoms with Crippen molar-refractivity contribution in [2.75, 3.05) is 59.4 Å². The van der Waals surface area contributed by atoms with Gasteiger partial charge in [0, 0.05) is 39.3 Å². The van der Waals surface area contributed by atoms with E-state index in [0.29, 0.717) is 13.1 Å². The Hall–Kier alpha value is 0.319. The van der Waals surface area contributed by atoms with Crippen molar-refractivity contribution in [2.24, 2.45) is 0 Å². The van der Waals surface area contributed by atoms with Crippen molar-refractivity contribution in [1.29, 1.82) is 0 Å². The van der Waals surface area contributed by atoms with E-state index in [4.69, 9.17) is 0 Å². The topological polar surface area (TPSA) is 55.8 Å². The van der Waals surface area contributed by atoms with Gasteiger partial charge in [-0.15, -0.1) is 12.2 Å². The van der Waals surface area contributed by atoms with Crippen LogP contribution in [-0.2, 0) is 17.1 Å². The predicted molar refractivity (Wildman–Crippen MR) is 69.3 cm³/mol. The summed E-state index contributed by atoms with van der Waals surface area (Å²) in [5, 5.41) is 22.6. The minimum Gasteiger partial charge on any atom is -0.851 e. The predicted octanol–water partition coefficient (Wildman–Crippen LogP) is -1.97. The van der Waals surface area contributed by atoms with Gasteiger partial charge in [-0.1, -0.05) is 13.8 Å².